The average molecular weight is 295 g/mol. The Morgan fingerprint density at radius 2 is 1.86 bits per heavy atom. The summed E-state index contributed by atoms with van der Waals surface area (Å²) in [6, 6.07) is 8.94. The van der Waals surface area contributed by atoms with Crippen molar-refractivity contribution in [3.63, 3.8) is 0 Å². The van der Waals surface area contributed by atoms with Gasteiger partial charge in [-0.3, -0.25) is 4.98 Å². The molecule has 2 rings (SSSR count). The molecule has 1 aromatic heterocycles. The van der Waals surface area contributed by atoms with Crippen LogP contribution in [-0.2, 0) is 6.18 Å². The molecule has 1 N–H and O–H groups in total. The van der Waals surface area contributed by atoms with Crippen LogP contribution in [0.3, 0.4) is 0 Å². The molecular weight excluding hydrogens is 279 g/mol. The van der Waals surface area contributed by atoms with E-state index in [4.69, 9.17) is 5.11 Å². The lowest BCUT2D eigenvalue weighted by Gasteiger charge is -2.18. The number of hydrogen-bond donors (Lipinski definition) is 1. The van der Waals surface area contributed by atoms with Gasteiger partial charge < -0.3 is 5.11 Å². The number of rotatable bonds is 5. The first-order valence-corrected chi connectivity index (χ1v) is 6.70. The van der Waals surface area contributed by atoms with Crippen LogP contribution >= 0.6 is 0 Å². The van der Waals surface area contributed by atoms with Crippen LogP contribution in [0.15, 0.2) is 48.8 Å². The van der Waals surface area contributed by atoms with Gasteiger partial charge in [0.25, 0.3) is 0 Å². The van der Waals surface area contributed by atoms with Crippen LogP contribution in [0.5, 0.6) is 0 Å². The summed E-state index contributed by atoms with van der Waals surface area (Å²) in [5.74, 6) is -0.201. The van der Waals surface area contributed by atoms with Crippen molar-refractivity contribution >= 4 is 0 Å². The van der Waals surface area contributed by atoms with Gasteiger partial charge in [0.05, 0.1) is 5.56 Å². The molecule has 112 valence electrons. The van der Waals surface area contributed by atoms with E-state index < -0.39 is 11.7 Å². The van der Waals surface area contributed by atoms with E-state index in [1.54, 1.807) is 24.5 Å². The van der Waals surface area contributed by atoms with Crippen molar-refractivity contribution in [2.24, 2.45) is 0 Å². The molecule has 21 heavy (non-hydrogen) atoms. The van der Waals surface area contributed by atoms with E-state index in [0.29, 0.717) is 18.4 Å². The Morgan fingerprint density at radius 3 is 2.48 bits per heavy atom. The van der Waals surface area contributed by atoms with Crippen LogP contribution in [0, 0.1) is 0 Å². The Labute approximate surface area is 121 Å². The van der Waals surface area contributed by atoms with Gasteiger partial charge in [0.1, 0.15) is 0 Å². The van der Waals surface area contributed by atoms with Crippen LogP contribution in [-0.4, -0.2) is 16.7 Å². The van der Waals surface area contributed by atoms with E-state index in [-0.39, 0.29) is 12.5 Å². The number of pyridine rings is 1. The van der Waals surface area contributed by atoms with Crippen molar-refractivity contribution in [2.75, 3.05) is 6.61 Å². The number of hydrogen-bond acceptors (Lipinski definition) is 2. The second-order valence-electron chi connectivity index (χ2n) is 4.83. The topological polar surface area (TPSA) is 33.1 Å². The maximum atomic E-state index is 12.8. The van der Waals surface area contributed by atoms with Crippen molar-refractivity contribution in [3.05, 3.63) is 65.5 Å². The summed E-state index contributed by atoms with van der Waals surface area (Å²) >= 11 is 0. The predicted octanol–water partition coefficient (Wildman–Crippen LogP) is 4.00. The molecule has 0 spiro atoms. The summed E-state index contributed by atoms with van der Waals surface area (Å²) in [7, 11) is 0. The van der Waals surface area contributed by atoms with E-state index in [2.05, 4.69) is 4.98 Å². The molecule has 0 fully saturated rings. The van der Waals surface area contributed by atoms with Crippen LogP contribution in [0.25, 0.3) is 0 Å². The van der Waals surface area contributed by atoms with E-state index in [1.165, 1.54) is 12.1 Å². The van der Waals surface area contributed by atoms with Gasteiger partial charge in [0.15, 0.2) is 0 Å². The second kappa shape index (κ2) is 6.72. The molecule has 1 unspecified atom stereocenters. The lowest BCUT2D eigenvalue weighted by Crippen LogP contribution is -2.08. The molecule has 0 aliphatic carbocycles. The van der Waals surface area contributed by atoms with Gasteiger partial charge >= 0.3 is 6.18 Å². The van der Waals surface area contributed by atoms with Crippen molar-refractivity contribution in [1.82, 2.24) is 4.98 Å². The Balaban J connectivity index is 2.37. The SMILES string of the molecule is OCCCC(c1cccnc1)c1cccc(C(F)(F)F)c1. The van der Waals surface area contributed by atoms with Crippen molar-refractivity contribution in [1.29, 1.82) is 0 Å². The lowest BCUT2D eigenvalue weighted by atomic mass is 9.87. The van der Waals surface area contributed by atoms with Gasteiger partial charge in [-0.15, -0.1) is 0 Å². The Hall–Kier alpha value is -1.88. The van der Waals surface area contributed by atoms with Crippen LogP contribution < -0.4 is 0 Å². The molecule has 0 aliphatic heterocycles. The zero-order chi connectivity index (χ0) is 15.3. The maximum Gasteiger partial charge on any atom is 0.416 e. The summed E-state index contributed by atoms with van der Waals surface area (Å²) < 4.78 is 38.5. The first-order valence-electron chi connectivity index (χ1n) is 6.70. The fourth-order valence-corrected chi connectivity index (χ4v) is 2.34. The number of halogens is 3. The molecule has 0 radical (unpaired) electrons. The average Bonchev–Trinajstić information content (AvgIpc) is 2.48. The molecule has 0 saturated heterocycles. The molecule has 0 aliphatic rings. The van der Waals surface area contributed by atoms with Gasteiger partial charge in [-0.2, -0.15) is 13.2 Å². The summed E-state index contributed by atoms with van der Waals surface area (Å²) in [5.41, 5.74) is 0.787. The minimum absolute atomic E-state index is 0.00965. The normalized spacial score (nSPS) is 13.1. The Kier molecular flexibility index (Phi) is 4.96. The fraction of sp³-hybridized carbons (Fsp3) is 0.312. The maximum absolute atomic E-state index is 12.8. The molecule has 5 heteroatoms. The summed E-state index contributed by atoms with van der Waals surface area (Å²) in [5, 5.41) is 9.00. The summed E-state index contributed by atoms with van der Waals surface area (Å²) in [4.78, 5) is 4.03. The highest BCUT2D eigenvalue weighted by Crippen LogP contribution is 2.34. The fourth-order valence-electron chi connectivity index (χ4n) is 2.34. The number of alkyl halides is 3. The molecule has 2 nitrogen and oxygen atoms in total. The lowest BCUT2D eigenvalue weighted by molar-refractivity contribution is -0.137. The monoisotopic (exact) mass is 295 g/mol. The molecule has 0 bridgehead atoms. The van der Waals surface area contributed by atoms with Crippen molar-refractivity contribution in [3.8, 4) is 0 Å². The van der Waals surface area contributed by atoms with E-state index in [0.717, 1.165) is 11.6 Å². The molecule has 0 saturated carbocycles. The largest absolute Gasteiger partial charge is 0.416 e. The Morgan fingerprint density at radius 1 is 1.10 bits per heavy atom. The van der Waals surface area contributed by atoms with E-state index >= 15 is 0 Å². The first kappa shape index (κ1) is 15.5. The van der Waals surface area contributed by atoms with Gasteiger partial charge in [-0.05, 0) is 36.1 Å². The minimum Gasteiger partial charge on any atom is -0.396 e. The quantitative estimate of drug-likeness (QED) is 0.904. The number of aliphatic hydroxyl groups is 1. The number of benzene rings is 1. The number of aliphatic hydroxyl groups excluding tert-OH is 1. The zero-order valence-electron chi connectivity index (χ0n) is 11.3. The third kappa shape index (κ3) is 4.04. The third-order valence-corrected chi connectivity index (χ3v) is 3.35. The number of nitrogens with zero attached hydrogens (tertiary/aromatic N) is 1. The van der Waals surface area contributed by atoms with Gasteiger partial charge in [-0.25, -0.2) is 0 Å². The standard InChI is InChI=1S/C16H16F3NO/c17-16(18,19)14-6-1-4-12(10-14)15(7-3-9-21)13-5-2-8-20-11-13/h1-2,4-6,8,10-11,15,21H,3,7,9H2. The van der Waals surface area contributed by atoms with Gasteiger partial charge in [-0.1, -0.05) is 24.3 Å². The summed E-state index contributed by atoms with van der Waals surface area (Å²) in [6.07, 6.45) is 0.0207. The first-order chi connectivity index (χ1) is 10.0. The number of aromatic nitrogens is 1. The van der Waals surface area contributed by atoms with Crippen LogP contribution in [0.2, 0.25) is 0 Å². The highest BCUT2D eigenvalue weighted by molar-refractivity contribution is 5.34. The molecule has 0 amide bonds. The van der Waals surface area contributed by atoms with Crippen molar-refractivity contribution in [2.45, 2.75) is 24.9 Å². The molecule has 1 atom stereocenters. The van der Waals surface area contributed by atoms with E-state index in [1.807, 2.05) is 6.07 Å². The highest BCUT2D eigenvalue weighted by atomic mass is 19.4. The molecule has 1 aromatic carbocycles. The third-order valence-electron chi connectivity index (χ3n) is 3.35. The summed E-state index contributed by atoms with van der Waals surface area (Å²) in [6.45, 7) is 0.00965. The smallest absolute Gasteiger partial charge is 0.396 e. The van der Waals surface area contributed by atoms with Gasteiger partial charge in [0, 0.05) is 24.9 Å². The van der Waals surface area contributed by atoms with E-state index in [9.17, 15) is 13.2 Å². The predicted molar refractivity (Wildman–Crippen MR) is 73.8 cm³/mol. The van der Waals surface area contributed by atoms with Crippen molar-refractivity contribution < 1.29 is 18.3 Å². The minimum atomic E-state index is -4.35. The van der Waals surface area contributed by atoms with Crippen LogP contribution in [0.1, 0.15) is 35.4 Å². The van der Waals surface area contributed by atoms with Gasteiger partial charge in [0.2, 0.25) is 0 Å². The molecular formula is C16H16F3NO. The van der Waals surface area contributed by atoms with Crippen LogP contribution in [0.4, 0.5) is 13.2 Å². The molecule has 2 aromatic rings. The Bertz CT molecular complexity index is 569. The second-order valence-corrected chi connectivity index (χ2v) is 4.83. The molecule has 1 heterocycles. The zero-order valence-corrected chi connectivity index (χ0v) is 11.3. The highest BCUT2D eigenvalue weighted by Gasteiger charge is 2.31.